The molecule has 0 aromatic heterocycles. The van der Waals surface area contributed by atoms with E-state index in [9.17, 15) is 0 Å². The van der Waals surface area contributed by atoms with Gasteiger partial charge in [-0.1, -0.05) is 0 Å². The van der Waals surface area contributed by atoms with Gasteiger partial charge in [0.1, 0.15) is 0 Å². The molecule has 0 aromatic carbocycles. The minimum absolute atomic E-state index is 0. The van der Waals surface area contributed by atoms with Gasteiger partial charge < -0.3 is 27.4 Å². The van der Waals surface area contributed by atoms with Crippen molar-refractivity contribution < 1.29 is 45.9 Å². The zero-order valence-corrected chi connectivity index (χ0v) is 5.42. The molecule has 1 N–H and O–H groups in total. The molecule has 0 atom stereocenters. The molecule has 0 bridgehead atoms. The van der Waals surface area contributed by atoms with E-state index in [1.54, 1.807) is 0 Å². The Kier molecular flexibility index (Phi) is 75000. The van der Waals surface area contributed by atoms with E-state index in [-0.39, 0.29) is 56.9 Å². The van der Waals surface area contributed by atoms with Gasteiger partial charge in [0.25, 0.3) is 0 Å². The van der Waals surface area contributed by atoms with Gasteiger partial charge in [0, 0.05) is 18.6 Å². The fraction of sp³-hybridized carbons (Fsp3) is 0. The number of rotatable bonds is 0. The van der Waals surface area contributed by atoms with E-state index in [1.807, 2.05) is 0 Å². The summed E-state index contributed by atoms with van der Waals surface area (Å²) in [4.78, 5) is 0. The van der Waals surface area contributed by atoms with Crippen molar-refractivity contribution >= 4 is 11.0 Å². The van der Waals surface area contributed by atoms with Crippen LogP contribution in [0.2, 0.25) is 0 Å². The summed E-state index contributed by atoms with van der Waals surface area (Å²) in [6.45, 7) is 0. The maximum absolute atomic E-state index is 0. The third-order valence-electron chi connectivity index (χ3n) is 0. The first-order valence-electron chi connectivity index (χ1n) is 0. The Hall–Kier alpha value is 0.601. The fourth-order valence-electron chi connectivity index (χ4n) is 0. The predicted molar refractivity (Wildman–Crippen MR) is 10.4 cm³/mol. The molecule has 0 rings (SSSR count). The number of hydrogen-bond acceptors (Lipinski definition) is 1. The van der Waals surface area contributed by atoms with E-state index >= 15 is 0 Å². The third-order valence-corrected chi connectivity index (χ3v) is 0. The van der Waals surface area contributed by atoms with E-state index in [2.05, 4.69) is 0 Å². The maximum Gasteiger partial charge on any atom is 4.00 e. The van der Waals surface area contributed by atoms with Crippen LogP contribution in [0.3, 0.4) is 0 Å². The van der Waals surface area contributed by atoms with Gasteiger partial charge in [0.05, 0.1) is 0 Å². The molecular formula is HO5SiV-5. The Labute approximate surface area is 57.6 Å². The zero-order valence-electron chi connectivity index (χ0n) is 3.03. The monoisotopic (exact) mass is 160 g/mol. The summed E-state index contributed by atoms with van der Waals surface area (Å²) in [5, 5.41) is 0. The van der Waals surface area contributed by atoms with Crippen molar-refractivity contribution in [1.29, 1.82) is 0 Å². The van der Waals surface area contributed by atoms with E-state index in [0.29, 0.717) is 0 Å². The first kappa shape index (κ1) is 916. The Morgan fingerprint density at radius 2 is 0.571 bits per heavy atom. The average Bonchev–Trinajstić information content (AvgIpc) is 0. The van der Waals surface area contributed by atoms with Gasteiger partial charge in [0.15, 0.2) is 0 Å². The molecule has 0 amide bonds. The van der Waals surface area contributed by atoms with Gasteiger partial charge in [0.2, 0.25) is 0 Å². The zero-order chi connectivity index (χ0) is 0. The van der Waals surface area contributed by atoms with Crippen molar-refractivity contribution in [2.45, 2.75) is 0 Å². The van der Waals surface area contributed by atoms with Gasteiger partial charge in [-0.15, -0.1) is 0 Å². The normalized spacial score (nSPS) is 0. The third kappa shape index (κ3) is 387. The molecule has 45 valence electrons. The summed E-state index contributed by atoms with van der Waals surface area (Å²) < 4.78 is 0. The Balaban J connectivity index is 0. The van der Waals surface area contributed by atoms with Crippen molar-refractivity contribution in [2.75, 3.05) is 0 Å². The summed E-state index contributed by atoms with van der Waals surface area (Å²) in [6.07, 6.45) is 0. The van der Waals surface area contributed by atoms with Crippen molar-refractivity contribution in [1.82, 2.24) is 0 Å². The van der Waals surface area contributed by atoms with Crippen LogP contribution in [0, 0.1) is 0 Å². The molecule has 0 unspecified atom stereocenters. The summed E-state index contributed by atoms with van der Waals surface area (Å²) >= 11 is 0. The van der Waals surface area contributed by atoms with Crippen molar-refractivity contribution in [3.8, 4) is 0 Å². The average molecular weight is 160 g/mol. The van der Waals surface area contributed by atoms with Crippen LogP contribution in [-0.2, 0) is 40.5 Å². The van der Waals surface area contributed by atoms with Crippen LogP contribution in [0.5, 0.6) is 0 Å². The van der Waals surface area contributed by atoms with Crippen LogP contribution >= 0.6 is 0 Å². The Bertz CT molecular complexity index is 8.04. The van der Waals surface area contributed by atoms with E-state index in [0.717, 1.165) is 0 Å². The standard InChI is InChI=1S/H2O.4O.Si.V/h1H2;;;;;;/q;4*-2;+4;/p-1. The SMILES string of the molecule is [O-2].[O-2].[O-2].[O-2].[OH-].[Si+4].[V]. The van der Waals surface area contributed by atoms with Crippen LogP contribution in [0.15, 0.2) is 0 Å². The van der Waals surface area contributed by atoms with Crippen molar-refractivity contribution in [3.05, 3.63) is 0 Å². The quantitative estimate of drug-likeness (QED) is 0.409. The molecule has 7 heteroatoms. The molecule has 5 nitrogen and oxygen atoms in total. The predicted octanol–water partition coefficient (Wildman–Crippen LogP) is -1.04. The topological polar surface area (TPSA) is 144 Å². The smallest absolute Gasteiger partial charge is 2.00 e. The Morgan fingerprint density at radius 1 is 0.571 bits per heavy atom. The molecule has 0 fully saturated rings. The molecule has 0 heterocycles. The first-order valence-corrected chi connectivity index (χ1v) is 0. The van der Waals surface area contributed by atoms with Crippen LogP contribution in [0.4, 0.5) is 0 Å². The molecule has 1 radical (unpaired) electrons. The van der Waals surface area contributed by atoms with Crippen LogP contribution < -0.4 is 0 Å². The summed E-state index contributed by atoms with van der Waals surface area (Å²) in [6, 6.07) is 0. The first-order chi connectivity index (χ1) is 0. The second-order valence-corrected chi connectivity index (χ2v) is 0. The molecule has 0 aromatic rings. The molecule has 0 aliphatic heterocycles. The van der Waals surface area contributed by atoms with Gasteiger partial charge in [-0.05, 0) is 0 Å². The molecule has 7 heavy (non-hydrogen) atoms. The molecule has 0 saturated heterocycles. The van der Waals surface area contributed by atoms with Gasteiger partial charge in [-0.25, -0.2) is 0 Å². The number of hydrogen-bond donors (Lipinski definition) is 0. The summed E-state index contributed by atoms with van der Waals surface area (Å²) in [5.74, 6) is 0. The van der Waals surface area contributed by atoms with Gasteiger partial charge in [-0.3, -0.25) is 0 Å². The largest absolute Gasteiger partial charge is 4.00 e. The molecule has 0 spiro atoms. The van der Waals surface area contributed by atoms with Crippen molar-refractivity contribution in [2.24, 2.45) is 0 Å². The Morgan fingerprint density at radius 3 is 0.571 bits per heavy atom. The van der Waals surface area contributed by atoms with E-state index in [4.69, 9.17) is 0 Å². The van der Waals surface area contributed by atoms with E-state index < -0.39 is 0 Å². The molecule has 0 aliphatic rings. The van der Waals surface area contributed by atoms with E-state index in [1.165, 1.54) is 0 Å². The van der Waals surface area contributed by atoms with Gasteiger partial charge in [-0.2, -0.15) is 0 Å². The second kappa shape index (κ2) is 573. The van der Waals surface area contributed by atoms with Crippen LogP contribution in [-0.4, -0.2) is 16.4 Å². The minimum atomic E-state index is 0. The molecule has 0 aliphatic carbocycles. The maximum atomic E-state index is 0. The van der Waals surface area contributed by atoms with Crippen LogP contribution in [0.1, 0.15) is 0 Å². The van der Waals surface area contributed by atoms with Gasteiger partial charge >= 0.3 is 11.0 Å². The van der Waals surface area contributed by atoms with Crippen LogP contribution in [0.25, 0.3) is 0 Å². The summed E-state index contributed by atoms with van der Waals surface area (Å²) in [5.41, 5.74) is 0. The second-order valence-electron chi connectivity index (χ2n) is 0. The minimum Gasteiger partial charge on any atom is -2.00 e. The van der Waals surface area contributed by atoms with Crippen molar-refractivity contribution in [3.63, 3.8) is 0 Å². The molecule has 0 saturated carbocycles. The molecular weight excluding hydrogens is 159 g/mol. The summed E-state index contributed by atoms with van der Waals surface area (Å²) in [7, 11) is 0. The fourth-order valence-corrected chi connectivity index (χ4v) is 0.